The van der Waals surface area contributed by atoms with Gasteiger partial charge in [-0.3, -0.25) is 9.59 Å². The van der Waals surface area contributed by atoms with Crippen molar-refractivity contribution in [1.82, 2.24) is 10.6 Å². The van der Waals surface area contributed by atoms with Crippen molar-refractivity contribution in [2.24, 2.45) is 11.1 Å². The van der Waals surface area contributed by atoms with E-state index >= 15 is 0 Å². The molecule has 1 saturated carbocycles. The monoisotopic (exact) mass is 404 g/mol. The largest absolute Gasteiger partial charge is 0.497 e. The van der Waals surface area contributed by atoms with E-state index in [1.807, 2.05) is 24.3 Å². The van der Waals surface area contributed by atoms with E-state index in [4.69, 9.17) is 20.1 Å². The molecule has 1 aromatic rings. The molecule has 1 radical (unpaired) electrons. The summed E-state index contributed by atoms with van der Waals surface area (Å²) < 4.78 is 10.3. The summed E-state index contributed by atoms with van der Waals surface area (Å²) in [5.41, 5.74) is 5.45. The third kappa shape index (κ3) is 6.45. The second-order valence-electron chi connectivity index (χ2n) is 7.28. The number of carbonyl (C=O) groups excluding carboxylic acids is 2. The predicted molar refractivity (Wildman–Crippen MR) is 110 cm³/mol. The number of rotatable bonds is 12. The molecule has 0 aliphatic heterocycles. The van der Waals surface area contributed by atoms with Crippen molar-refractivity contribution in [3.05, 3.63) is 29.8 Å². The summed E-state index contributed by atoms with van der Waals surface area (Å²) in [6.07, 6.45) is 3.63. The highest BCUT2D eigenvalue weighted by Crippen LogP contribution is 2.39. The van der Waals surface area contributed by atoms with Crippen LogP contribution in [-0.4, -0.2) is 51.0 Å². The Morgan fingerprint density at radius 1 is 1.31 bits per heavy atom. The fourth-order valence-corrected chi connectivity index (χ4v) is 3.69. The Balaban J connectivity index is 1.96. The summed E-state index contributed by atoms with van der Waals surface area (Å²) in [4.78, 5) is 25.9. The first-order valence-corrected chi connectivity index (χ1v) is 10.1. The Morgan fingerprint density at radius 3 is 2.72 bits per heavy atom. The first-order valence-electron chi connectivity index (χ1n) is 10.1. The normalized spacial score (nSPS) is 16.1. The molecular weight excluding hydrogens is 373 g/mol. The molecule has 0 saturated heterocycles. The van der Waals surface area contributed by atoms with Crippen LogP contribution in [0.15, 0.2) is 24.3 Å². The van der Waals surface area contributed by atoms with Crippen molar-refractivity contribution in [2.75, 3.05) is 20.2 Å². The maximum atomic E-state index is 13.0. The Hall–Kier alpha value is -2.10. The average molecular weight is 404 g/mol. The summed E-state index contributed by atoms with van der Waals surface area (Å²) >= 11 is 0. The van der Waals surface area contributed by atoms with Gasteiger partial charge >= 0.3 is 7.69 Å². The van der Waals surface area contributed by atoms with Gasteiger partial charge in [-0.1, -0.05) is 25.0 Å². The van der Waals surface area contributed by atoms with Gasteiger partial charge in [0.15, 0.2) is 0 Å². The van der Waals surface area contributed by atoms with E-state index in [0.29, 0.717) is 52.9 Å². The van der Waals surface area contributed by atoms with Gasteiger partial charge in [-0.25, -0.2) is 0 Å². The van der Waals surface area contributed by atoms with E-state index < -0.39 is 11.6 Å². The van der Waals surface area contributed by atoms with Crippen LogP contribution in [0.1, 0.15) is 44.1 Å². The summed E-state index contributed by atoms with van der Waals surface area (Å²) in [5.74, 6) is 0.142. The molecule has 0 aromatic heterocycles. The second kappa shape index (κ2) is 11.8. The number of methoxy groups -OCH3 is 1. The molecule has 2 amide bonds. The lowest BCUT2D eigenvalue weighted by Crippen LogP contribution is -2.53. The minimum atomic E-state index is -1.10. The number of benzene rings is 1. The van der Waals surface area contributed by atoms with Gasteiger partial charge in [0.25, 0.3) is 0 Å². The van der Waals surface area contributed by atoms with E-state index in [0.717, 1.165) is 24.2 Å². The topological polar surface area (TPSA) is 123 Å². The van der Waals surface area contributed by atoms with E-state index in [-0.39, 0.29) is 11.8 Å². The summed E-state index contributed by atoms with van der Waals surface area (Å²) in [6.45, 7) is 0.871. The number of ether oxygens (including phenoxy) is 1. The van der Waals surface area contributed by atoms with Crippen LogP contribution in [0.2, 0.25) is 0 Å². The number of hydrogen-bond acceptors (Lipinski definition) is 6. The van der Waals surface area contributed by atoms with Gasteiger partial charge < -0.3 is 30.8 Å². The molecule has 159 valence electrons. The van der Waals surface area contributed by atoms with Gasteiger partial charge in [0, 0.05) is 6.54 Å². The van der Waals surface area contributed by atoms with Crippen molar-refractivity contribution in [2.45, 2.75) is 51.2 Å². The zero-order chi connectivity index (χ0) is 21.1. The first kappa shape index (κ1) is 23.2. The number of carbonyl (C=O) groups is 2. The van der Waals surface area contributed by atoms with Crippen molar-refractivity contribution in [3.63, 3.8) is 0 Å². The number of nitrogens with one attached hydrogen (secondary N) is 2. The molecule has 1 aliphatic carbocycles. The minimum absolute atomic E-state index is 0.263. The SMILES string of the molecule is COc1cccc(CCNC(=O)C2(C(=O)N[C@@H](CCCN)O[B]O)CCCC2)c1. The molecule has 1 aromatic carbocycles. The van der Waals surface area contributed by atoms with Crippen LogP contribution in [0.5, 0.6) is 5.75 Å². The number of nitrogens with two attached hydrogens (primary N) is 1. The molecule has 0 bridgehead atoms. The van der Waals surface area contributed by atoms with Crippen LogP contribution in [0.3, 0.4) is 0 Å². The molecule has 29 heavy (non-hydrogen) atoms. The first-order chi connectivity index (χ1) is 14.1. The molecule has 2 rings (SSSR count). The minimum Gasteiger partial charge on any atom is -0.497 e. The van der Waals surface area contributed by atoms with Gasteiger partial charge in [-0.15, -0.1) is 0 Å². The van der Waals surface area contributed by atoms with Crippen LogP contribution in [0.4, 0.5) is 0 Å². The summed E-state index contributed by atoms with van der Waals surface area (Å²) in [7, 11) is 2.17. The van der Waals surface area contributed by atoms with Crippen molar-refractivity contribution >= 4 is 19.5 Å². The van der Waals surface area contributed by atoms with Gasteiger partial charge in [0.2, 0.25) is 11.8 Å². The van der Waals surface area contributed by atoms with Gasteiger partial charge in [-0.05, 0) is 56.3 Å². The van der Waals surface area contributed by atoms with Crippen molar-refractivity contribution < 1.29 is 24.0 Å². The molecule has 1 atom stereocenters. The molecule has 5 N–H and O–H groups in total. The smallest absolute Gasteiger partial charge is 0.486 e. The highest BCUT2D eigenvalue weighted by molar-refractivity contribution is 6.16. The molecule has 1 fully saturated rings. The Kier molecular flexibility index (Phi) is 9.43. The van der Waals surface area contributed by atoms with Gasteiger partial charge in [0.1, 0.15) is 17.4 Å². The molecular formula is C20H31BN3O5. The fraction of sp³-hybridized carbons (Fsp3) is 0.600. The zero-order valence-electron chi connectivity index (χ0n) is 17.0. The highest BCUT2D eigenvalue weighted by Gasteiger charge is 2.48. The number of amides is 2. The third-order valence-electron chi connectivity index (χ3n) is 5.35. The molecule has 0 unspecified atom stereocenters. The Morgan fingerprint density at radius 2 is 2.07 bits per heavy atom. The molecule has 1 aliphatic rings. The summed E-state index contributed by atoms with van der Waals surface area (Å²) in [6, 6.07) is 7.67. The van der Waals surface area contributed by atoms with Crippen LogP contribution in [0, 0.1) is 5.41 Å². The second-order valence-corrected chi connectivity index (χ2v) is 7.28. The Bertz CT molecular complexity index is 667. The van der Waals surface area contributed by atoms with Gasteiger partial charge in [-0.2, -0.15) is 0 Å². The van der Waals surface area contributed by atoms with Crippen molar-refractivity contribution in [1.29, 1.82) is 0 Å². The number of hydrogen-bond donors (Lipinski definition) is 4. The molecule has 0 spiro atoms. The maximum absolute atomic E-state index is 13.0. The molecule has 0 heterocycles. The van der Waals surface area contributed by atoms with Crippen LogP contribution in [-0.2, 0) is 20.7 Å². The van der Waals surface area contributed by atoms with E-state index in [9.17, 15) is 9.59 Å². The standard InChI is InChI=1S/C20H31BN3O5/c1-28-16-7-4-6-15(14-16)9-13-23-18(25)20(10-2-3-11-20)19(26)24-17(29-21-27)8-5-12-22/h4,6-7,14,17,27H,2-3,5,8-13,22H2,1H3,(H,23,25)(H,24,26)/t17-/m1/s1. The van der Waals surface area contributed by atoms with E-state index in [2.05, 4.69) is 10.6 Å². The van der Waals surface area contributed by atoms with Crippen LogP contribution in [0.25, 0.3) is 0 Å². The summed E-state index contributed by atoms with van der Waals surface area (Å²) in [5, 5.41) is 14.6. The maximum Gasteiger partial charge on any atom is 0.486 e. The van der Waals surface area contributed by atoms with Crippen LogP contribution >= 0.6 is 0 Å². The predicted octanol–water partition coefficient (Wildman–Crippen LogP) is 0.639. The van der Waals surface area contributed by atoms with Crippen molar-refractivity contribution in [3.8, 4) is 5.75 Å². The fourth-order valence-electron chi connectivity index (χ4n) is 3.69. The lowest BCUT2D eigenvalue weighted by atomic mass is 9.83. The third-order valence-corrected chi connectivity index (χ3v) is 5.35. The van der Waals surface area contributed by atoms with Gasteiger partial charge in [0.05, 0.1) is 7.11 Å². The lowest BCUT2D eigenvalue weighted by molar-refractivity contribution is -0.145. The van der Waals surface area contributed by atoms with E-state index in [1.165, 1.54) is 0 Å². The lowest BCUT2D eigenvalue weighted by Gasteiger charge is -2.29. The highest BCUT2D eigenvalue weighted by atomic mass is 16.5. The van der Waals surface area contributed by atoms with E-state index in [1.54, 1.807) is 7.11 Å². The average Bonchev–Trinajstić information content (AvgIpc) is 3.23. The molecule has 8 nitrogen and oxygen atoms in total. The van der Waals surface area contributed by atoms with Crippen LogP contribution < -0.4 is 21.1 Å². The Labute approximate surface area is 172 Å². The molecule has 9 heteroatoms. The quantitative estimate of drug-likeness (QED) is 0.230. The zero-order valence-corrected chi connectivity index (χ0v) is 17.0.